The van der Waals surface area contributed by atoms with Crippen LogP contribution in [-0.2, 0) is 26.1 Å². The van der Waals surface area contributed by atoms with E-state index in [1.165, 1.54) is 16.0 Å². The summed E-state index contributed by atoms with van der Waals surface area (Å²) in [4.78, 5) is 12.6. The average molecular weight is 487 g/mol. The van der Waals surface area contributed by atoms with Crippen LogP contribution in [0.2, 0.25) is 0 Å². The van der Waals surface area contributed by atoms with Crippen LogP contribution < -0.4 is 10.6 Å². The number of nitrogens with one attached hydrogen (secondary N) is 2. The van der Waals surface area contributed by atoms with Gasteiger partial charge in [0.1, 0.15) is 5.01 Å². The molecular formula is C19H30IN5S. The van der Waals surface area contributed by atoms with E-state index in [2.05, 4.69) is 77.7 Å². The second kappa shape index (κ2) is 12.2. The van der Waals surface area contributed by atoms with Gasteiger partial charge in [0, 0.05) is 24.2 Å². The van der Waals surface area contributed by atoms with E-state index in [1.54, 1.807) is 11.3 Å². The van der Waals surface area contributed by atoms with Crippen molar-refractivity contribution in [3.05, 3.63) is 51.5 Å². The minimum Gasteiger partial charge on any atom is -0.357 e. The van der Waals surface area contributed by atoms with Crippen LogP contribution in [0.15, 0.2) is 35.5 Å². The van der Waals surface area contributed by atoms with Gasteiger partial charge in [-0.15, -0.1) is 35.3 Å². The van der Waals surface area contributed by atoms with Gasteiger partial charge in [0.05, 0.1) is 13.1 Å². The predicted molar refractivity (Wildman–Crippen MR) is 122 cm³/mol. The summed E-state index contributed by atoms with van der Waals surface area (Å²) in [7, 11) is 4.16. The maximum Gasteiger partial charge on any atom is 0.191 e. The first kappa shape index (κ1) is 22.9. The third kappa shape index (κ3) is 8.01. The molecule has 0 saturated carbocycles. The molecule has 2 aromatic rings. The summed E-state index contributed by atoms with van der Waals surface area (Å²) in [5.41, 5.74) is 2.53. The van der Waals surface area contributed by atoms with Gasteiger partial charge < -0.3 is 15.5 Å². The van der Waals surface area contributed by atoms with Crippen molar-refractivity contribution in [1.29, 1.82) is 0 Å². The number of guanidine groups is 1. The third-order valence-electron chi connectivity index (χ3n) is 3.64. The Morgan fingerprint density at radius 2 is 1.81 bits per heavy atom. The molecule has 0 aliphatic heterocycles. The van der Waals surface area contributed by atoms with Crippen LogP contribution in [0, 0.1) is 0 Å². The highest BCUT2D eigenvalue weighted by molar-refractivity contribution is 14.0. The van der Waals surface area contributed by atoms with Crippen LogP contribution in [0.25, 0.3) is 0 Å². The molecule has 7 heteroatoms. The summed E-state index contributed by atoms with van der Waals surface area (Å²) < 4.78 is 0. The van der Waals surface area contributed by atoms with Gasteiger partial charge in [-0.3, -0.25) is 0 Å². The number of halogens is 1. The van der Waals surface area contributed by atoms with Gasteiger partial charge >= 0.3 is 0 Å². The zero-order valence-electron chi connectivity index (χ0n) is 16.1. The third-order valence-corrected chi connectivity index (χ3v) is 4.78. The molecule has 2 N–H and O–H groups in total. The molecule has 1 aromatic carbocycles. The maximum atomic E-state index is 4.68. The highest BCUT2D eigenvalue weighted by Gasteiger charge is 2.03. The highest BCUT2D eigenvalue weighted by Crippen LogP contribution is 2.13. The average Bonchev–Trinajstić information content (AvgIpc) is 3.06. The number of benzene rings is 1. The van der Waals surface area contributed by atoms with Gasteiger partial charge in [0.15, 0.2) is 5.96 Å². The Labute approximate surface area is 178 Å². The number of hydrogen-bond donors (Lipinski definition) is 2. The van der Waals surface area contributed by atoms with Crippen molar-refractivity contribution in [2.75, 3.05) is 20.6 Å². The molecule has 5 nitrogen and oxygen atoms in total. The first-order chi connectivity index (χ1) is 12.1. The minimum atomic E-state index is 0. The first-order valence-corrected chi connectivity index (χ1v) is 9.60. The first-order valence-electron chi connectivity index (χ1n) is 8.79. The fraction of sp³-hybridized carbons (Fsp3) is 0.474. The predicted octanol–water partition coefficient (Wildman–Crippen LogP) is 3.64. The van der Waals surface area contributed by atoms with Crippen LogP contribution in [-0.4, -0.2) is 36.5 Å². The van der Waals surface area contributed by atoms with Crippen LogP contribution in [0.5, 0.6) is 0 Å². The Kier molecular flexibility index (Phi) is 10.8. The summed E-state index contributed by atoms with van der Waals surface area (Å²) in [6, 6.07) is 8.65. The summed E-state index contributed by atoms with van der Waals surface area (Å²) in [5.74, 6) is 0.827. The molecule has 2 rings (SSSR count). The van der Waals surface area contributed by atoms with Crippen LogP contribution >= 0.6 is 35.3 Å². The van der Waals surface area contributed by atoms with Gasteiger partial charge in [-0.05, 0) is 38.6 Å². The number of rotatable bonds is 8. The Hall–Kier alpha value is -1.19. The normalized spacial score (nSPS) is 11.3. The number of nitrogens with zero attached hydrogens (tertiary/aromatic N) is 3. The molecule has 1 heterocycles. The second-order valence-corrected chi connectivity index (χ2v) is 7.38. The van der Waals surface area contributed by atoms with Gasteiger partial charge in [-0.2, -0.15) is 0 Å². The van der Waals surface area contributed by atoms with E-state index in [-0.39, 0.29) is 24.0 Å². The van der Waals surface area contributed by atoms with Crippen molar-refractivity contribution < 1.29 is 0 Å². The molecule has 0 amide bonds. The standard InChI is InChI=1S/C19H29N5S.HI/c1-5-17-12-21-18(25-17)13-23-19(20-6-2)22-11-15-7-9-16(10-8-15)14-24(3)4;/h7-10,12H,5-6,11,13-14H2,1-4H3,(H2,20,22,23);1H. The molecule has 1 aromatic heterocycles. The van der Waals surface area contributed by atoms with E-state index in [4.69, 9.17) is 0 Å². The summed E-state index contributed by atoms with van der Waals surface area (Å²) in [6.07, 6.45) is 3.00. The zero-order chi connectivity index (χ0) is 18.1. The van der Waals surface area contributed by atoms with Crippen molar-refractivity contribution in [3.8, 4) is 0 Å². The van der Waals surface area contributed by atoms with E-state index in [9.17, 15) is 0 Å². The van der Waals surface area contributed by atoms with E-state index in [0.29, 0.717) is 13.1 Å². The largest absolute Gasteiger partial charge is 0.357 e. The fourth-order valence-corrected chi connectivity index (χ4v) is 3.18. The quantitative estimate of drug-likeness (QED) is 0.339. The smallest absolute Gasteiger partial charge is 0.191 e. The number of thiazole rings is 1. The number of aliphatic imine (C=N–C) groups is 1. The lowest BCUT2D eigenvalue weighted by Gasteiger charge is -2.11. The minimum absolute atomic E-state index is 0. The summed E-state index contributed by atoms with van der Waals surface area (Å²) in [6.45, 7) is 7.40. The van der Waals surface area contributed by atoms with Crippen molar-refractivity contribution >= 4 is 41.3 Å². The molecule has 0 bridgehead atoms. The number of aromatic nitrogens is 1. The molecule has 0 saturated heterocycles. The van der Waals surface area contributed by atoms with E-state index in [1.807, 2.05) is 6.20 Å². The van der Waals surface area contributed by atoms with Crippen LogP contribution in [0.4, 0.5) is 0 Å². The zero-order valence-corrected chi connectivity index (χ0v) is 19.2. The van der Waals surface area contributed by atoms with E-state index in [0.717, 1.165) is 30.5 Å². The maximum absolute atomic E-state index is 4.68. The SMILES string of the molecule is CCNC(=NCc1ccc(CN(C)C)cc1)NCc1ncc(CC)s1.I. The van der Waals surface area contributed by atoms with Crippen molar-refractivity contribution in [2.24, 2.45) is 4.99 Å². The molecule has 0 spiro atoms. The van der Waals surface area contributed by atoms with Gasteiger partial charge in [-0.1, -0.05) is 31.2 Å². The van der Waals surface area contributed by atoms with E-state index < -0.39 is 0 Å². The Balaban J connectivity index is 0.00000338. The highest BCUT2D eigenvalue weighted by atomic mass is 127. The topological polar surface area (TPSA) is 52.6 Å². The molecule has 0 aliphatic rings. The van der Waals surface area contributed by atoms with Crippen molar-refractivity contribution in [2.45, 2.75) is 39.9 Å². The monoisotopic (exact) mass is 487 g/mol. The number of aryl methyl sites for hydroxylation is 1. The van der Waals surface area contributed by atoms with Gasteiger partial charge in [0.2, 0.25) is 0 Å². The summed E-state index contributed by atoms with van der Waals surface area (Å²) in [5, 5.41) is 7.75. The van der Waals surface area contributed by atoms with Crippen molar-refractivity contribution in [1.82, 2.24) is 20.5 Å². The second-order valence-electron chi connectivity index (χ2n) is 6.18. The molecule has 26 heavy (non-hydrogen) atoms. The lowest BCUT2D eigenvalue weighted by atomic mass is 10.1. The molecule has 0 radical (unpaired) electrons. The molecule has 0 unspecified atom stereocenters. The Morgan fingerprint density at radius 1 is 1.12 bits per heavy atom. The summed E-state index contributed by atoms with van der Waals surface area (Å²) >= 11 is 1.75. The van der Waals surface area contributed by atoms with Gasteiger partial charge in [0.25, 0.3) is 0 Å². The van der Waals surface area contributed by atoms with Crippen LogP contribution in [0.3, 0.4) is 0 Å². The molecular weight excluding hydrogens is 457 g/mol. The lowest BCUT2D eigenvalue weighted by molar-refractivity contribution is 0.402. The molecule has 0 fully saturated rings. The lowest BCUT2D eigenvalue weighted by Crippen LogP contribution is -2.36. The fourth-order valence-electron chi connectivity index (χ4n) is 2.38. The molecule has 0 aliphatic carbocycles. The van der Waals surface area contributed by atoms with E-state index >= 15 is 0 Å². The molecule has 144 valence electrons. The number of hydrogen-bond acceptors (Lipinski definition) is 4. The molecule has 0 atom stereocenters. The Morgan fingerprint density at radius 3 is 2.38 bits per heavy atom. The Bertz CT molecular complexity index is 667. The van der Waals surface area contributed by atoms with Crippen molar-refractivity contribution in [3.63, 3.8) is 0 Å². The van der Waals surface area contributed by atoms with Gasteiger partial charge in [-0.25, -0.2) is 9.98 Å². The van der Waals surface area contributed by atoms with Crippen LogP contribution in [0.1, 0.15) is 34.9 Å².